The second-order valence-corrected chi connectivity index (χ2v) is 3.48. The topological polar surface area (TPSA) is 48.3 Å². The van der Waals surface area contributed by atoms with Crippen molar-refractivity contribution in [3.8, 4) is 11.4 Å². The first kappa shape index (κ1) is 11.1. The molecule has 0 radical (unpaired) electrons. The van der Waals surface area contributed by atoms with Crippen LogP contribution in [0.15, 0.2) is 42.6 Å². The lowest BCUT2D eigenvalue weighted by Crippen LogP contribution is -2.06. The summed E-state index contributed by atoms with van der Waals surface area (Å²) in [4.78, 5) is 21.9. The molecular weight excluding hydrogens is 218 g/mol. The minimum Gasteiger partial charge on any atom is -0.424 e. The third-order valence-electron chi connectivity index (χ3n) is 2.28. The molecule has 4 heteroatoms. The van der Waals surface area contributed by atoms with Gasteiger partial charge in [-0.25, -0.2) is 0 Å². The van der Waals surface area contributed by atoms with E-state index in [9.17, 15) is 9.59 Å². The monoisotopic (exact) mass is 229 g/mol. The summed E-state index contributed by atoms with van der Waals surface area (Å²) in [5, 5.41) is 0. The highest BCUT2D eigenvalue weighted by atomic mass is 16.5. The van der Waals surface area contributed by atoms with Crippen molar-refractivity contribution in [2.45, 2.75) is 6.92 Å². The molecular formula is C13H11NO3. The third kappa shape index (κ3) is 2.25. The SMILES string of the molecule is CC(=O)Oc1ccccc1-n1cccc1C=O. The maximum absolute atomic E-state index is 11.0. The zero-order valence-electron chi connectivity index (χ0n) is 9.29. The fourth-order valence-electron chi connectivity index (χ4n) is 1.61. The first-order valence-electron chi connectivity index (χ1n) is 5.12. The van der Waals surface area contributed by atoms with Gasteiger partial charge < -0.3 is 9.30 Å². The van der Waals surface area contributed by atoms with Crippen LogP contribution in [0, 0.1) is 0 Å². The van der Waals surface area contributed by atoms with Crippen molar-refractivity contribution in [2.75, 3.05) is 0 Å². The molecule has 86 valence electrons. The Kier molecular flexibility index (Phi) is 3.05. The fourth-order valence-corrected chi connectivity index (χ4v) is 1.61. The molecule has 2 aromatic rings. The van der Waals surface area contributed by atoms with Crippen LogP contribution in [-0.4, -0.2) is 16.8 Å². The average molecular weight is 229 g/mol. The lowest BCUT2D eigenvalue weighted by atomic mass is 10.3. The average Bonchev–Trinajstić information content (AvgIpc) is 2.77. The van der Waals surface area contributed by atoms with Gasteiger partial charge in [-0.2, -0.15) is 0 Å². The number of carbonyl (C=O) groups excluding carboxylic acids is 2. The molecule has 0 bridgehead atoms. The second kappa shape index (κ2) is 4.65. The third-order valence-corrected chi connectivity index (χ3v) is 2.28. The van der Waals surface area contributed by atoms with Crippen molar-refractivity contribution >= 4 is 12.3 Å². The van der Waals surface area contributed by atoms with Crippen LogP contribution in [0.4, 0.5) is 0 Å². The van der Waals surface area contributed by atoms with E-state index in [1.807, 2.05) is 6.07 Å². The number of para-hydroxylation sites is 2. The Morgan fingerprint density at radius 3 is 2.71 bits per heavy atom. The van der Waals surface area contributed by atoms with Crippen LogP contribution < -0.4 is 4.74 Å². The van der Waals surface area contributed by atoms with Crippen molar-refractivity contribution in [3.05, 3.63) is 48.3 Å². The molecule has 0 saturated carbocycles. The summed E-state index contributed by atoms with van der Waals surface area (Å²) in [6, 6.07) is 10.5. The van der Waals surface area contributed by atoms with E-state index in [0.717, 1.165) is 6.29 Å². The number of carbonyl (C=O) groups is 2. The maximum atomic E-state index is 11.0. The van der Waals surface area contributed by atoms with Gasteiger partial charge in [-0.1, -0.05) is 12.1 Å². The van der Waals surface area contributed by atoms with E-state index in [1.54, 1.807) is 41.1 Å². The first-order valence-corrected chi connectivity index (χ1v) is 5.12. The lowest BCUT2D eigenvalue weighted by molar-refractivity contribution is -0.131. The van der Waals surface area contributed by atoms with Crippen molar-refractivity contribution in [1.82, 2.24) is 4.57 Å². The molecule has 17 heavy (non-hydrogen) atoms. The lowest BCUT2D eigenvalue weighted by Gasteiger charge is -2.10. The summed E-state index contributed by atoms with van der Waals surface area (Å²) in [6.45, 7) is 1.34. The number of ether oxygens (including phenoxy) is 1. The molecule has 0 amide bonds. The zero-order valence-corrected chi connectivity index (χ0v) is 9.29. The highest BCUT2D eigenvalue weighted by Crippen LogP contribution is 2.23. The Morgan fingerprint density at radius 2 is 2.00 bits per heavy atom. The Balaban J connectivity index is 2.51. The van der Waals surface area contributed by atoms with Crippen LogP contribution in [-0.2, 0) is 4.79 Å². The van der Waals surface area contributed by atoms with Crippen LogP contribution >= 0.6 is 0 Å². The Bertz CT molecular complexity index is 557. The molecule has 0 atom stereocenters. The van der Waals surface area contributed by atoms with Gasteiger partial charge >= 0.3 is 5.97 Å². The predicted octanol–water partition coefficient (Wildman–Crippen LogP) is 2.22. The molecule has 0 aliphatic carbocycles. The van der Waals surface area contributed by atoms with E-state index in [4.69, 9.17) is 4.74 Å². The summed E-state index contributed by atoms with van der Waals surface area (Å²) in [5.74, 6) is 0.0385. The number of esters is 1. The smallest absolute Gasteiger partial charge is 0.308 e. The number of hydrogen-bond donors (Lipinski definition) is 0. The number of benzene rings is 1. The minimum atomic E-state index is -0.391. The van der Waals surface area contributed by atoms with Gasteiger partial charge in [-0.15, -0.1) is 0 Å². The molecule has 1 aromatic carbocycles. The molecule has 0 aliphatic heterocycles. The number of aldehydes is 1. The minimum absolute atomic E-state index is 0.391. The Morgan fingerprint density at radius 1 is 1.24 bits per heavy atom. The molecule has 0 N–H and O–H groups in total. The van der Waals surface area contributed by atoms with Crippen LogP contribution in [0.25, 0.3) is 5.69 Å². The van der Waals surface area contributed by atoms with Gasteiger partial charge in [-0.3, -0.25) is 9.59 Å². The number of hydrogen-bond acceptors (Lipinski definition) is 3. The normalized spacial score (nSPS) is 9.94. The summed E-state index contributed by atoms with van der Waals surface area (Å²) in [6.07, 6.45) is 2.50. The first-order chi connectivity index (χ1) is 8.22. The molecule has 0 aliphatic rings. The summed E-state index contributed by atoms with van der Waals surface area (Å²) in [7, 11) is 0. The van der Waals surface area contributed by atoms with Gasteiger partial charge in [0.25, 0.3) is 0 Å². The molecule has 1 heterocycles. The zero-order chi connectivity index (χ0) is 12.3. The van der Waals surface area contributed by atoms with E-state index in [1.165, 1.54) is 6.92 Å². The van der Waals surface area contributed by atoms with E-state index >= 15 is 0 Å². The van der Waals surface area contributed by atoms with Crippen molar-refractivity contribution in [1.29, 1.82) is 0 Å². The van der Waals surface area contributed by atoms with Crippen LogP contribution in [0.5, 0.6) is 5.75 Å². The molecule has 0 spiro atoms. The predicted molar refractivity (Wildman–Crippen MR) is 62.5 cm³/mol. The number of aromatic nitrogens is 1. The van der Waals surface area contributed by atoms with Gasteiger partial charge in [-0.05, 0) is 24.3 Å². The number of rotatable bonds is 3. The number of nitrogens with zero attached hydrogens (tertiary/aromatic N) is 1. The molecule has 4 nitrogen and oxygen atoms in total. The quantitative estimate of drug-likeness (QED) is 0.460. The highest BCUT2D eigenvalue weighted by Gasteiger charge is 2.09. The van der Waals surface area contributed by atoms with Crippen LogP contribution in [0.3, 0.4) is 0 Å². The van der Waals surface area contributed by atoms with Crippen molar-refractivity contribution in [3.63, 3.8) is 0 Å². The highest BCUT2D eigenvalue weighted by molar-refractivity contribution is 5.75. The van der Waals surface area contributed by atoms with Crippen molar-refractivity contribution in [2.24, 2.45) is 0 Å². The van der Waals surface area contributed by atoms with Crippen molar-refractivity contribution < 1.29 is 14.3 Å². The van der Waals surface area contributed by atoms with Gasteiger partial charge in [0, 0.05) is 13.1 Å². The van der Waals surface area contributed by atoms with Gasteiger partial charge in [0.2, 0.25) is 0 Å². The molecule has 1 aromatic heterocycles. The van der Waals surface area contributed by atoms with E-state index in [0.29, 0.717) is 17.1 Å². The second-order valence-electron chi connectivity index (χ2n) is 3.48. The Hall–Kier alpha value is -2.36. The standard InChI is InChI=1S/C13H11NO3/c1-10(16)17-13-7-3-2-6-12(13)14-8-4-5-11(14)9-15/h2-9H,1H3. The summed E-state index contributed by atoms with van der Waals surface area (Å²) < 4.78 is 6.76. The van der Waals surface area contributed by atoms with E-state index in [-0.39, 0.29) is 0 Å². The molecule has 2 rings (SSSR count). The van der Waals surface area contributed by atoms with Gasteiger partial charge in [0.1, 0.15) is 0 Å². The van der Waals surface area contributed by atoms with Crippen LogP contribution in [0.1, 0.15) is 17.4 Å². The summed E-state index contributed by atoms with van der Waals surface area (Å²) in [5.41, 5.74) is 1.17. The van der Waals surface area contributed by atoms with Crippen LogP contribution in [0.2, 0.25) is 0 Å². The maximum Gasteiger partial charge on any atom is 0.308 e. The summed E-state index contributed by atoms with van der Waals surface area (Å²) >= 11 is 0. The van der Waals surface area contributed by atoms with E-state index < -0.39 is 5.97 Å². The van der Waals surface area contributed by atoms with Gasteiger partial charge in [0.15, 0.2) is 12.0 Å². The van der Waals surface area contributed by atoms with Gasteiger partial charge in [0.05, 0.1) is 11.4 Å². The molecule has 0 fully saturated rings. The fraction of sp³-hybridized carbons (Fsp3) is 0.0769. The van der Waals surface area contributed by atoms with E-state index in [2.05, 4.69) is 0 Å². The largest absolute Gasteiger partial charge is 0.424 e. The Labute approximate surface area is 98.4 Å². The molecule has 0 unspecified atom stereocenters. The molecule has 0 saturated heterocycles.